The van der Waals surface area contributed by atoms with Gasteiger partial charge in [-0.05, 0) is 66.5 Å². The molecule has 0 aliphatic heterocycles. The molecular weight excluding hydrogens is 417 g/mol. The Morgan fingerprint density at radius 3 is 2.20 bits per heavy atom. The maximum Gasteiger partial charge on any atom is 0.416 e. The zero-order valence-electron chi connectivity index (χ0n) is 13.9. The normalized spacial score (nSPS) is 15.0. The molecule has 1 heterocycles. The van der Waals surface area contributed by atoms with E-state index in [0.717, 1.165) is 12.1 Å². The fourth-order valence-electron chi connectivity index (χ4n) is 2.04. The van der Waals surface area contributed by atoms with Gasteiger partial charge in [-0.1, -0.05) is 12.1 Å². The summed E-state index contributed by atoms with van der Waals surface area (Å²) in [6.45, 7) is 5.44. The lowest BCUT2D eigenvalue weighted by atomic mass is 10.0. The summed E-state index contributed by atoms with van der Waals surface area (Å²) in [6.07, 6.45) is -2.82. The Morgan fingerprint density at radius 1 is 1.12 bits per heavy atom. The fourth-order valence-corrected chi connectivity index (χ4v) is 3.34. The Bertz CT molecular complexity index is 717. The Hall–Kier alpha value is -1.09. The van der Waals surface area contributed by atoms with Crippen molar-refractivity contribution >= 4 is 27.3 Å². The third kappa shape index (κ3) is 5.20. The van der Waals surface area contributed by atoms with E-state index in [-0.39, 0.29) is 0 Å². The van der Waals surface area contributed by atoms with E-state index in [4.69, 9.17) is 0 Å². The molecule has 0 saturated heterocycles. The van der Waals surface area contributed by atoms with Crippen LogP contribution in [-0.4, -0.2) is 14.3 Å². The van der Waals surface area contributed by atoms with Gasteiger partial charge in [-0.3, -0.25) is 4.98 Å². The van der Waals surface area contributed by atoms with Crippen LogP contribution in [-0.2, 0) is 17.5 Å². The van der Waals surface area contributed by atoms with Gasteiger partial charge >= 0.3 is 6.18 Å². The summed E-state index contributed by atoms with van der Waals surface area (Å²) in [6, 6.07) is 7.68. The Balaban J connectivity index is 2.43. The van der Waals surface area contributed by atoms with Crippen molar-refractivity contribution in [3.8, 4) is 0 Å². The Labute approximate surface area is 156 Å². The van der Waals surface area contributed by atoms with E-state index in [1.165, 1.54) is 12.1 Å². The molecule has 3 nitrogen and oxygen atoms in total. The summed E-state index contributed by atoms with van der Waals surface area (Å²) < 4.78 is 54.0. The predicted octanol–water partition coefficient (Wildman–Crippen LogP) is 5.00. The number of hydrogen-bond acceptors (Lipinski definition) is 3. The van der Waals surface area contributed by atoms with Crippen LogP contribution >= 0.6 is 15.9 Å². The predicted molar refractivity (Wildman–Crippen MR) is 96.3 cm³/mol. The van der Waals surface area contributed by atoms with Gasteiger partial charge in [-0.25, -0.2) is 0 Å². The van der Waals surface area contributed by atoms with Gasteiger partial charge < -0.3 is 4.55 Å². The summed E-state index contributed by atoms with van der Waals surface area (Å²) in [4.78, 5) is 4.30. The molecule has 0 fully saturated rings. The zero-order valence-corrected chi connectivity index (χ0v) is 16.3. The number of aromatic nitrogens is 1. The van der Waals surface area contributed by atoms with Crippen molar-refractivity contribution in [1.29, 1.82) is 0 Å². The average molecular weight is 435 g/mol. The largest absolute Gasteiger partial charge is 0.598 e. The third-order valence-electron chi connectivity index (χ3n) is 3.41. The molecule has 0 spiro atoms. The smallest absolute Gasteiger partial charge is 0.416 e. The molecule has 136 valence electrons. The summed E-state index contributed by atoms with van der Waals surface area (Å²) >= 11 is 1.97. The maximum atomic E-state index is 12.8. The SMILES string of the molecule is CC(C)(C)[S+]([O-])N[C@@H](c1ccc(C(F)(F)F)cc1)c1ncccc1Br. The van der Waals surface area contributed by atoms with Crippen molar-refractivity contribution < 1.29 is 17.7 Å². The minimum atomic E-state index is -4.40. The highest BCUT2D eigenvalue weighted by Crippen LogP contribution is 2.33. The second kappa shape index (κ2) is 7.65. The highest BCUT2D eigenvalue weighted by Gasteiger charge is 2.33. The summed E-state index contributed by atoms with van der Waals surface area (Å²) in [5.41, 5.74) is 0.372. The highest BCUT2D eigenvalue weighted by atomic mass is 79.9. The molecule has 0 radical (unpaired) electrons. The molecule has 25 heavy (non-hydrogen) atoms. The first-order valence-corrected chi connectivity index (χ1v) is 9.40. The van der Waals surface area contributed by atoms with Gasteiger partial charge in [-0.15, -0.1) is 4.72 Å². The minimum absolute atomic E-state index is 0.536. The van der Waals surface area contributed by atoms with Crippen LogP contribution in [0.25, 0.3) is 0 Å². The number of rotatable bonds is 4. The lowest BCUT2D eigenvalue weighted by Crippen LogP contribution is -2.41. The standard InChI is InChI=1S/C17H18BrF3N2OS/c1-16(2,3)25(24)23-14(15-13(18)5-4-10-22-15)11-6-8-12(9-7-11)17(19,20)21/h4-10,14,23H,1-3H3/t14-,25?/m0/s1. The lowest BCUT2D eigenvalue weighted by Gasteiger charge is -2.28. The molecule has 1 aromatic heterocycles. The van der Waals surface area contributed by atoms with E-state index >= 15 is 0 Å². The van der Waals surface area contributed by atoms with Crippen molar-refractivity contribution in [1.82, 2.24) is 9.71 Å². The van der Waals surface area contributed by atoms with Crippen LogP contribution in [0.4, 0.5) is 13.2 Å². The summed E-state index contributed by atoms with van der Waals surface area (Å²) in [7, 11) is 0. The molecule has 0 saturated carbocycles. The monoisotopic (exact) mass is 434 g/mol. The molecule has 0 bridgehead atoms. The van der Waals surface area contributed by atoms with E-state index in [9.17, 15) is 17.7 Å². The van der Waals surface area contributed by atoms with Gasteiger partial charge in [0.15, 0.2) is 0 Å². The molecule has 2 aromatic rings. The first-order valence-electron chi connectivity index (χ1n) is 7.46. The lowest BCUT2D eigenvalue weighted by molar-refractivity contribution is -0.137. The quantitative estimate of drug-likeness (QED) is 0.688. The van der Waals surface area contributed by atoms with Crippen LogP contribution in [0.1, 0.15) is 43.6 Å². The maximum absolute atomic E-state index is 12.8. The first kappa shape index (κ1) is 20.2. The average Bonchev–Trinajstić information content (AvgIpc) is 2.51. The van der Waals surface area contributed by atoms with Crippen LogP contribution in [0, 0.1) is 0 Å². The van der Waals surface area contributed by atoms with Gasteiger partial charge in [0.05, 0.1) is 11.3 Å². The van der Waals surface area contributed by atoms with Gasteiger partial charge in [0.25, 0.3) is 0 Å². The topological polar surface area (TPSA) is 48.0 Å². The Morgan fingerprint density at radius 2 is 1.72 bits per heavy atom. The van der Waals surface area contributed by atoms with Crippen LogP contribution in [0.15, 0.2) is 47.1 Å². The van der Waals surface area contributed by atoms with Crippen molar-refractivity contribution in [2.24, 2.45) is 0 Å². The summed E-state index contributed by atoms with van der Waals surface area (Å²) in [5, 5.41) is 0. The van der Waals surface area contributed by atoms with E-state index in [0.29, 0.717) is 15.7 Å². The number of halogens is 4. The molecule has 8 heteroatoms. The van der Waals surface area contributed by atoms with Crippen LogP contribution in [0.3, 0.4) is 0 Å². The van der Waals surface area contributed by atoms with Crippen molar-refractivity contribution in [3.05, 3.63) is 63.9 Å². The Kier molecular flexibility index (Phi) is 6.19. The summed E-state index contributed by atoms with van der Waals surface area (Å²) in [5.74, 6) is 0. The van der Waals surface area contributed by atoms with E-state index in [2.05, 4.69) is 25.6 Å². The number of benzene rings is 1. The third-order valence-corrected chi connectivity index (χ3v) is 5.65. The van der Waals surface area contributed by atoms with Gasteiger partial charge in [0, 0.05) is 22.0 Å². The molecule has 0 amide bonds. The molecule has 2 rings (SSSR count). The van der Waals surface area contributed by atoms with Crippen LogP contribution in [0.2, 0.25) is 0 Å². The number of nitrogens with one attached hydrogen (secondary N) is 1. The van der Waals surface area contributed by atoms with E-state index in [1.54, 1.807) is 18.3 Å². The number of pyridine rings is 1. The van der Waals surface area contributed by atoms with Gasteiger partial charge in [0.2, 0.25) is 0 Å². The number of nitrogens with zero attached hydrogens (tertiary/aromatic N) is 1. The fraction of sp³-hybridized carbons (Fsp3) is 0.353. The molecular formula is C17H18BrF3N2OS. The van der Waals surface area contributed by atoms with Crippen LogP contribution in [0.5, 0.6) is 0 Å². The van der Waals surface area contributed by atoms with Crippen molar-refractivity contribution in [3.63, 3.8) is 0 Å². The van der Waals surface area contributed by atoms with E-state index in [1.807, 2.05) is 20.8 Å². The molecule has 1 N–H and O–H groups in total. The molecule has 1 aromatic carbocycles. The number of alkyl halides is 3. The zero-order chi connectivity index (χ0) is 18.8. The minimum Gasteiger partial charge on any atom is -0.598 e. The van der Waals surface area contributed by atoms with Crippen molar-refractivity contribution in [2.75, 3.05) is 0 Å². The highest BCUT2D eigenvalue weighted by molar-refractivity contribution is 9.10. The van der Waals surface area contributed by atoms with E-state index < -0.39 is 33.9 Å². The molecule has 1 unspecified atom stereocenters. The number of hydrogen-bond donors (Lipinski definition) is 1. The second-order valence-corrected chi connectivity index (χ2v) is 9.27. The molecule has 2 atom stereocenters. The second-order valence-electron chi connectivity index (χ2n) is 6.42. The van der Waals surface area contributed by atoms with Crippen molar-refractivity contribution in [2.45, 2.75) is 37.7 Å². The van der Waals surface area contributed by atoms with Gasteiger partial charge in [-0.2, -0.15) is 13.2 Å². The van der Waals surface area contributed by atoms with Crippen LogP contribution < -0.4 is 4.72 Å². The van der Waals surface area contributed by atoms with Gasteiger partial charge in [0.1, 0.15) is 10.8 Å². The first-order chi connectivity index (χ1) is 11.5. The molecule has 0 aliphatic rings. The molecule has 0 aliphatic carbocycles.